The normalized spacial score (nSPS) is 13.8. The number of aliphatic hydroxyl groups excluding tert-OH is 1. The van der Waals surface area contributed by atoms with E-state index in [0.717, 1.165) is 6.07 Å². The molecule has 0 saturated heterocycles. The standard InChI is InChI=1S/C10H14F3N3O/c1-6(2)7(17)5-14-9-4-3-8(15-16-9)10(11,12)13/h3-4,6-7,17H,5H2,1-2H3,(H,14,16). The topological polar surface area (TPSA) is 58.0 Å². The van der Waals surface area contributed by atoms with Gasteiger partial charge in [-0.2, -0.15) is 13.2 Å². The molecule has 1 atom stereocenters. The van der Waals surface area contributed by atoms with E-state index in [-0.39, 0.29) is 18.3 Å². The third kappa shape index (κ3) is 4.18. The molecular formula is C10H14F3N3O. The molecule has 0 spiro atoms. The fourth-order valence-electron chi connectivity index (χ4n) is 1.02. The number of alkyl halides is 3. The lowest BCUT2D eigenvalue weighted by Gasteiger charge is -2.15. The van der Waals surface area contributed by atoms with Crippen LogP contribution in [-0.2, 0) is 6.18 Å². The van der Waals surface area contributed by atoms with Crippen molar-refractivity contribution in [3.63, 3.8) is 0 Å². The van der Waals surface area contributed by atoms with Gasteiger partial charge in [-0.25, -0.2) is 0 Å². The van der Waals surface area contributed by atoms with E-state index in [2.05, 4.69) is 15.5 Å². The zero-order chi connectivity index (χ0) is 13.1. The van der Waals surface area contributed by atoms with Crippen molar-refractivity contribution in [2.75, 3.05) is 11.9 Å². The lowest BCUT2D eigenvalue weighted by atomic mass is 10.1. The number of hydrogen-bond acceptors (Lipinski definition) is 4. The molecule has 1 aromatic heterocycles. The Bertz CT molecular complexity index is 351. The predicted molar refractivity (Wildman–Crippen MR) is 56.4 cm³/mol. The number of rotatable bonds is 4. The summed E-state index contributed by atoms with van der Waals surface area (Å²) in [5.74, 6) is 0.266. The van der Waals surface area contributed by atoms with Crippen LogP contribution in [0.5, 0.6) is 0 Å². The average molecular weight is 249 g/mol. The molecule has 2 N–H and O–H groups in total. The van der Waals surface area contributed by atoms with Crippen LogP contribution in [0.15, 0.2) is 12.1 Å². The van der Waals surface area contributed by atoms with Gasteiger partial charge in [0.2, 0.25) is 0 Å². The van der Waals surface area contributed by atoms with Gasteiger partial charge in [-0.05, 0) is 18.1 Å². The molecule has 1 unspecified atom stereocenters. The highest BCUT2D eigenvalue weighted by atomic mass is 19.4. The molecule has 0 amide bonds. The zero-order valence-corrected chi connectivity index (χ0v) is 9.49. The van der Waals surface area contributed by atoms with Crippen LogP contribution in [0.2, 0.25) is 0 Å². The van der Waals surface area contributed by atoms with Crippen LogP contribution in [0, 0.1) is 5.92 Å². The first-order chi connectivity index (χ1) is 7.80. The Labute approximate surface area is 96.9 Å². The largest absolute Gasteiger partial charge is 0.435 e. The summed E-state index contributed by atoms with van der Waals surface area (Å²) >= 11 is 0. The second kappa shape index (κ2) is 5.31. The van der Waals surface area contributed by atoms with E-state index in [1.54, 1.807) is 0 Å². The summed E-state index contributed by atoms with van der Waals surface area (Å²) in [6.07, 6.45) is -5.07. The summed E-state index contributed by atoms with van der Waals surface area (Å²) in [5, 5.41) is 18.6. The Morgan fingerprint density at radius 3 is 2.35 bits per heavy atom. The van der Waals surface area contributed by atoms with Crippen LogP contribution >= 0.6 is 0 Å². The molecule has 0 saturated carbocycles. The number of nitrogens with one attached hydrogen (secondary N) is 1. The van der Waals surface area contributed by atoms with Gasteiger partial charge in [0.05, 0.1) is 6.10 Å². The van der Waals surface area contributed by atoms with Gasteiger partial charge in [-0.15, -0.1) is 10.2 Å². The molecule has 0 radical (unpaired) electrons. The molecule has 1 aromatic rings. The van der Waals surface area contributed by atoms with Crippen LogP contribution in [-0.4, -0.2) is 28.0 Å². The molecular weight excluding hydrogens is 235 g/mol. The first-order valence-electron chi connectivity index (χ1n) is 5.13. The van der Waals surface area contributed by atoms with Crippen molar-refractivity contribution < 1.29 is 18.3 Å². The Kier molecular flexibility index (Phi) is 4.28. The SMILES string of the molecule is CC(C)C(O)CNc1ccc(C(F)(F)F)nn1. The number of hydrogen-bond donors (Lipinski definition) is 2. The number of aliphatic hydroxyl groups is 1. The van der Waals surface area contributed by atoms with E-state index in [0.29, 0.717) is 0 Å². The van der Waals surface area contributed by atoms with Gasteiger partial charge >= 0.3 is 6.18 Å². The Morgan fingerprint density at radius 1 is 1.29 bits per heavy atom. The highest BCUT2D eigenvalue weighted by Crippen LogP contribution is 2.26. The third-order valence-electron chi connectivity index (χ3n) is 2.22. The van der Waals surface area contributed by atoms with Gasteiger partial charge in [0.15, 0.2) is 5.69 Å². The Balaban J connectivity index is 2.57. The van der Waals surface area contributed by atoms with Crippen molar-refractivity contribution in [1.29, 1.82) is 0 Å². The van der Waals surface area contributed by atoms with Crippen molar-refractivity contribution in [1.82, 2.24) is 10.2 Å². The minimum Gasteiger partial charge on any atom is -0.391 e. The van der Waals surface area contributed by atoms with E-state index < -0.39 is 18.0 Å². The minimum atomic E-state index is -4.48. The molecule has 4 nitrogen and oxygen atoms in total. The maximum atomic E-state index is 12.2. The molecule has 0 aromatic carbocycles. The number of anilines is 1. The maximum Gasteiger partial charge on any atom is 0.435 e. The van der Waals surface area contributed by atoms with E-state index in [1.165, 1.54) is 6.07 Å². The van der Waals surface area contributed by atoms with E-state index >= 15 is 0 Å². The van der Waals surface area contributed by atoms with E-state index in [1.807, 2.05) is 13.8 Å². The van der Waals surface area contributed by atoms with Crippen LogP contribution in [0.4, 0.5) is 19.0 Å². The van der Waals surface area contributed by atoms with Gasteiger partial charge in [-0.1, -0.05) is 13.8 Å². The fraction of sp³-hybridized carbons (Fsp3) is 0.600. The molecule has 0 aliphatic heterocycles. The summed E-state index contributed by atoms with van der Waals surface area (Å²) in [4.78, 5) is 0. The lowest BCUT2D eigenvalue weighted by Crippen LogP contribution is -2.25. The first kappa shape index (κ1) is 13.7. The quantitative estimate of drug-likeness (QED) is 0.856. The molecule has 1 rings (SSSR count). The van der Waals surface area contributed by atoms with Gasteiger partial charge in [0.25, 0.3) is 0 Å². The molecule has 1 heterocycles. The maximum absolute atomic E-state index is 12.2. The van der Waals surface area contributed by atoms with E-state index in [9.17, 15) is 18.3 Å². The molecule has 7 heteroatoms. The Morgan fingerprint density at radius 2 is 1.94 bits per heavy atom. The fourth-order valence-corrected chi connectivity index (χ4v) is 1.02. The van der Waals surface area contributed by atoms with Crippen LogP contribution in [0.25, 0.3) is 0 Å². The average Bonchev–Trinajstić information content (AvgIpc) is 2.25. The predicted octanol–water partition coefficient (Wildman–Crippen LogP) is 1.92. The van der Waals surface area contributed by atoms with Crippen molar-refractivity contribution >= 4 is 5.82 Å². The summed E-state index contributed by atoms with van der Waals surface area (Å²) in [5.41, 5.74) is -1.03. The molecule has 0 aliphatic carbocycles. The molecule has 17 heavy (non-hydrogen) atoms. The zero-order valence-electron chi connectivity index (χ0n) is 9.49. The van der Waals surface area contributed by atoms with E-state index in [4.69, 9.17) is 0 Å². The second-order valence-corrected chi connectivity index (χ2v) is 3.99. The van der Waals surface area contributed by atoms with Crippen molar-refractivity contribution in [3.05, 3.63) is 17.8 Å². The summed E-state index contributed by atoms with van der Waals surface area (Å²) in [6, 6.07) is 2.03. The van der Waals surface area contributed by atoms with Crippen molar-refractivity contribution in [2.45, 2.75) is 26.1 Å². The number of halogens is 3. The first-order valence-corrected chi connectivity index (χ1v) is 5.13. The minimum absolute atomic E-state index is 0.0601. The lowest BCUT2D eigenvalue weighted by molar-refractivity contribution is -0.141. The number of nitrogens with zero attached hydrogens (tertiary/aromatic N) is 2. The highest BCUT2D eigenvalue weighted by molar-refractivity contribution is 5.33. The summed E-state index contributed by atoms with van der Waals surface area (Å²) in [7, 11) is 0. The van der Waals surface area contributed by atoms with Crippen LogP contribution in [0.3, 0.4) is 0 Å². The molecule has 0 bridgehead atoms. The highest BCUT2D eigenvalue weighted by Gasteiger charge is 2.32. The van der Waals surface area contributed by atoms with Crippen LogP contribution < -0.4 is 5.32 Å². The number of aromatic nitrogens is 2. The summed E-state index contributed by atoms with van der Waals surface area (Å²) < 4.78 is 36.5. The van der Waals surface area contributed by atoms with Gasteiger partial charge in [-0.3, -0.25) is 0 Å². The molecule has 0 fully saturated rings. The van der Waals surface area contributed by atoms with Crippen molar-refractivity contribution in [2.24, 2.45) is 5.92 Å². The summed E-state index contributed by atoms with van der Waals surface area (Å²) in [6.45, 7) is 3.90. The third-order valence-corrected chi connectivity index (χ3v) is 2.22. The molecule has 0 aliphatic rings. The van der Waals surface area contributed by atoms with Gasteiger partial charge in [0.1, 0.15) is 5.82 Å². The van der Waals surface area contributed by atoms with Crippen LogP contribution in [0.1, 0.15) is 19.5 Å². The van der Waals surface area contributed by atoms with Gasteiger partial charge < -0.3 is 10.4 Å². The van der Waals surface area contributed by atoms with Crippen molar-refractivity contribution in [3.8, 4) is 0 Å². The molecule has 96 valence electrons. The monoisotopic (exact) mass is 249 g/mol. The van der Waals surface area contributed by atoms with Gasteiger partial charge in [0, 0.05) is 6.54 Å². The smallest absolute Gasteiger partial charge is 0.391 e. The second-order valence-electron chi connectivity index (χ2n) is 3.99. The Hall–Kier alpha value is -1.37.